The Morgan fingerprint density at radius 1 is 1.17 bits per heavy atom. The van der Waals surface area contributed by atoms with Crippen molar-refractivity contribution in [1.82, 2.24) is 0 Å². The van der Waals surface area contributed by atoms with Crippen LogP contribution in [-0.4, -0.2) is 18.0 Å². The SMILES string of the molecule is CCCCCC[C@H]1O[C@H]1C(=O)c1ccc(C)cc1. The van der Waals surface area contributed by atoms with E-state index in [0.717, 1.165) is 12.0 Å². The van der Waals surface area contributed by atoms with Crippen LogP contribution in [0.5, 0.6) is 0 Å². The molecule has 0 N–H and O–H groups in total. The van der Waals surface area contributed by atoms with Crippen molar-refractivity contribution in [2.45, 2.75) is 58.2 Å². The number of Topliss-reactive ketones (excluding diaryl/α,β-unsaturated/α-hetero) is 1. The Morgan fingerprint density at radius 3 is 2.56 bits per heavy atom. The van der Waals surface area contributed by atoms with Gasteiger partial charge in [-0.3, -0.25) is 4.79 Å². The Bertz CT molecular complexity index is 394. The second-order valence-electron chi connectivity index (χ2n) is 5.17. The van der Waals surface area contributed by atoms with Gasteiger partial charge in [-0.25, -0.2) is 0 Å². The minimum absolute atomic E-state index is 0.149. The first kappa shape index (κ1) is 13.3. The van der Waals surface area contributed by atoms with Gasteiger partial charge in [0, 0.05) is 5.56 Å². The molecule has 0 unspecified atom stereocenters. The highest BCUT2D eigenvalue weighted by Crippen LogP contribution is 2.30. The van der Waals surface area contributed by atoms with E-state index in [2.05, 4.69) is 6.92 Å². The Labute approximate surface area is 109 Å². The number of epoxide rings is 1. The van der Waals surface area contributed by atoms with Gasteiger partial charge in [0.15, 0.2) is 5.78 Å². The molecule has 1 aliphatic rings. The van der Waals surface area contributed by atoms with E-state index < -0.39 is 0 Å². The topological polar surface area (TPSA) is 29.6 Å². The van der Waals surface area contributed by atoms with Crippen molar-refractivity contribution in [3.05, 3.63) is 35.4 Å². The molecule has 2 atom stereocenters. The van der Waals surface area contributed by atoms with Gasteiger partial charge in [-0.15, -0.1) is 0 Å². The number of ether oxygens (including phenoxy) is 1. The highest BCUT2D eigenvalue weighted by atomic mass is 16.6. The number of ketones is 1. The van der Waals surface area contributed by atoms with Crippen molar-refractivity contribution in [2.24, 2.45) is 0 Å². The Hall–Kier alpha value is -1.15. The first-order valence-corrected chi connectivity index (χ1v) is 6.98. The van der Waals surface area contributed by atoms with Gasteiger partial charge < -0.3 is 4.74 Å². The molecule has 0 saturated carbocycles. The van der Waals surface area contributed by atoms with Crippen LogP contribution in [0.3, 0.4) is 0 Å². The molecule has 98 valence electrons. The number of hydrogen-bond donors (Lipinski definition) is 0. The fourth-order valence-electron chi connectivity index (χ4n) is 2.25. The summed E-state index contributed by atoms with van der Waals surface area (Å²) in [7, 11) is 0. The average Bonchev–Trinajstić information content (AvgIpc) is 3.14. The summed E-state index contributed by atoms with van der Waals surface area (Å²) in [5.74, 6) is 0.149. The number of rotatable bonds is 7. The van der Waals surface area contributed by atoms with E-state index in [1.165, 1.54) is 31.2 Å². The molecule has 0 amide bonds. The third kappa shape index (κ3) is 3.42. The zero-order valence-corrected chi connectivity index (χ0v) is 11.3. The van der Waals surface area contributed by atoms with Crippen LogP contribution in [0.1, 0.15) is 54.9 Å². The molecular formula is C16H22O2. The van der Waals surface area contributed by atoms with Crippen LogP contribution < -0.4 is 0 Å². The van der Waals surface area contributed by atoms with Gasteiger partial charge in [0.25, 0.3) is 0 Å². The molecule has 0 radical (unpaired) electrons. The number of hydrogen-bond acceptors (Lipinski definition) is 2. The summed E-state index contributed by atoms with van der Waals surface area (Å²) in [4.78, 5) is 12.1. The quantitative estimate of drug-likeness (QED) is 0.414. The van der Waals surface area contributed by atoms with E-state index in [-0.39, 0.29) is 18.0 Å². The maximum Gasteiger partial charge on any atom is 0.194 e. The van der Waals surface area contributed by atoms with Crippen molar-refractivity contribution in [3.63, 3.8) is 0 Å². The molecule has 1 aromatic rings. The van der Waals surface area contributed by atoms with E-state index in [4.69, 9.17) is 4.74 Å². The van der Waals surface area contributed by atoms with E-state index in [1.54, 1.807) is 0 Å². The fourth-order valence-corrected chi connectivity index (χ4v) is 2.25. The lowest BCUT2D eigenvalue weighted by Gasteiger charge is -1.99. The maximum atomic E-state index is 12.1. The number of carbonyl (C=O) groups excluding carboxylic acids is 1. The molecule has 0 spiro atoms. The predicted octanol–water partition coefficient (Wildman–Crippen LogP) is 3.92. The molecular weight excluding hydrogens is 224 g/mol. The first-order chi connectivity index (χ1) is 8.72. The number of aryl methyl sites for hydroxylation is 1. The lowest BCUT2D eigenvalue weighted by molar-refractivity contribution is 0.0953. The largest absolute Gasteiger partial charge is 0.361 e. The van der Waals surface area contributed by atoms with Gasteiger partial charge in [-0.1, -0.05) is 62.4 Å². The monoisotopic (exact) mass is 246 g/mol. The predicted molar refractivity (Wildman–Crippen MR) is 72.9 cm³/mol. The summed E-state index contributed by atoms with van der Waals surface area (Å²) in [6.07, 6.45) is 5.99. The van der Waals surface area contributed by atoms with Crippen LogP contribution in [-0.2, 0) is 4.74 Å². The molecule has 2 heteroatoms. The van der Waals surface area contributed by atoms with Crippen LogP contribution in [0.15, 0.2) is 24.3 Å². The van der Waals surface area contributed by atoms with Crippen LogP contribution in [0, 0.1) is 6.92 Å². The average molecular weight is 246 g/mol. The van der Waals surface area contributed by atoms with Gasteiger partial charge >= 0.3 is 0 Å². The molecule has 0 aromatic heterocycles. The first-order valence-electron chi connectivity index (χ1n) is 6.98. The zero-order chi connectivity index (χ0) is 13.0. The summed E-state index contributed by atoms with van der Waals surface area (Å²) in [6, 6.07) is 7.75. The summed E-state index contributed by atoms with van der Waals surface area (Å²) < 4.78 is 5.49. The van der Waals surface area contributed by atoms with Crippen LogP contribution in [0.25, 0.3) is 0 Å². The summed E-state index contributed by atoms with van der Waals surface area (Å²) in [5.41, 5.74) is 1.96. The molecule has 0 aliphatic carbocycles. The van der Waals surface area contributed by atoms with E-state index >= 15 is 0 Å². The third-order valence-corrected chi connectivity index (χ3v) is 3.52. The molecule has 2 nitrogen and oxygen atoms in total. The summed E-state index contributed by atoms with van der Waals surface area (Å²) >= 11 is 0. The molecule has 1 aromatic carbocycles. The molecule has 1 fully saturated rings. The highest BCUT2D eigenvalue weighted by molar-refractivity contribution is 6.01. The van der Waals surface area contributed by atoms with Crippen LogP contribution in [0.2, 0.25) is 0 Å². The van der Waals surface area contributed by atoms with Crippen molar-refractivity contribution < 1.29 is 9.53 Å². The van der Waals surface area contributed by atoms with E-state index in [0.29, 0.717) is 0 Å². The Morgan fingerprint density at radius 2 is 1.89 bits per heavy atom. The van der Waals surface area contributed by atoms with E-state index in [1.807, 2.05) is 31.2 Å². The normalized spacial score (nSPS) is 21.9. The number of benzene rings is 1. The molecule has 1 aliphatic heterocycles. The lowest BCUT2D eigenvalue weighted by atomic mass is 10.0. The van der Waals surface area contributed by atoms with Crippen molar-refractivity contribution in [3.8, 4) is 0 Å². The number of carbonyl (C=O) groups is 1. The molecule has 2 rings (SSSR count). The molecule has 0 bridgehead atoms. The van der Waals surface area contributed by atoms with E-state index in [9.17, 15) is 4.79 Å². The second kappa shape index (κ2) is 6.14. The minimum Gasteiger partial charge on any atom is -0.361 e. The van der Waals surface area contributed by atoms with Crippen LogP contribution in [0.4, 0.5) is 0 Å². The van der Waals surface area contributed by atoms with Gasteiger partial charge in [-0.05, 0) is 13.3 Å². The molecule has 1 saturated heterocycles. The highest BCUT2D eigenvalue weighted by Gasteiger charge is 2.44. The molecule has 18 heavy (non-hydrogen) atoms. The van der Waals surface area contributed by atoms with Gasteiger partial charge in [0.2, 0.25) is 0 Å². The van der Waals surface area contributed by atoms with Crippen molar-refractivity contribution in [2.75, 3.05) is 0 Å². The minimum atomic E-state index is -0.172. The standard InChI is InChI=1S/C16H22O2/c1-3-4-5-6-7-14-16(18-14)15(17)13-10-8-12(2)9-11-13/h8-11,14,16H,3-7H2,1-2H3/t14-,16-/m1/s1. The van der Waals surface area contributed by atoms with Crippen LogP contribution >= 0.6 is 0 Å². The summed E-state index contributed by atoms with van der Waals surface area (Å²) in [6.45, 7) is 4.23. The third-order valence-electron chi connectivity index (χ3n) is 3.52. The van der Waals surface area contributed by atoms with Crippen molar-refractivity contribution in [1.29, 1.82) is 0 Å². The van der Waals surface area contributed by atoms with Gasteiger partial charge in [0.1, 0.15) is 6.10 Å². The Kier molecular flexibility index (Phi) is 4.54. The lowest BCUT2D eigenvalue weighted by Crippen LogP contribution is -2.10. The maximum absolute atomic E-state index is 12.1. The Balaban J connectivity index is 1.77. The van der Waals surface area contributed by atoms with Gasteiger partial charge in [-0.2, -0.15) is 0 Å². The fraction of sp³-hybridized carbons (Fsp3) is 0.562. The summed E-state index contributed by atoms with van der Waals surface area (Å²) in [5, 5.41) is 0. The molecule has 1 heterocycles. The van der Waals surface area contributed by atoms with Crippen molar-refractivity contribution >= 4 is 5.78 Å². The second-order valence-corrected chi connectivity index (χ2v) is 5.17. The van der Waals surface area contributed by atoms with Gasteiger partial charge in [0.05, 0.1) is 6.10 Å². The number of unbranched alkanes of at least 4 members (excludes halogenated alkanes) is 3. The smallest absolute Gasteiger partial charge is 0.194 e. The zero-order valence-electron chi connectivity index (χ0n) is 11.3.